The van der Waals surface area contributed by atoms with Crippen LogP contribution < -0.4 is 11.1 Å². The fraction of sp³-hybridized carbons (Fsp3) is 0.545. The van der Waals surface area contributed by atoms with Crippen LogP contribution >= 0.6 is 15.9 Å². The van der Waals surface area contributed by atoms with E-state index >= 15 is 0 Å². The third-order valence-corrected chi connectivity index (χ3v) is 3.40. The van der Waals surface area contributed by atoms with Crippen LogP contribution in [0.5, 0.6) is 0 Å². The van der Waals surface area contributed by atoms with Gasteiger partial charge in [-0.1, -0.05) is 0 Å². The van der Waals surface area contributed by atoms with Crippen LogP contribution in [0.4, 0.5) is 11.5 Å². The van der Waals surface area contributed by atoms with Gasteiger partial charge >= 0.3 is 0 Å². The fourth-order valence-electron chi connectivity index (χ4n) is 1.81. The Hall–Kier alpha value is -0.850. The van der Waals surface area contributed by atoms with E-state index in [0.717, 1.165) is 17.5 Å². The van der Waals surface area contributed by atoms with E-state index < -0.39 is 0 Å². The third kappa shape index (κ3) is 2.88. The minimum Gasteiger partial charge on any atom is -0.396 e. The van der Waals surface area contributed by atoms with Crippen molar-refractivity contribution in [2.45, 2.75) is 12.0 Å². The van der Waals surface area contributed by atoms with Gasteiger partial charge in [0.25, 0.3) is 0 Å². The van der Waals surface area contributed by atoms with Crippen molar-refractivity contribution >= 4 is 27.4 Å². The maximum atomic E-state index is 5.86. The Balaban J connectivity index is 2.01. The van der Waals surface area contributed by atoms with Gasteiger partial charge in [-0.15, -0.1) is 0 Å². The predicted molar refractivity (Wildman–Crippen MR) is 70.0 cm³/mol. The Bertz CT molecular complexity index is 394. The van der Waals surface area contributed by atoms with Gasteiger partial charge in [0.15, 0.2) is 0 Å². The molecule has 1 unspecified atom stereocenters. The average molecular weight is 302 g/mol. The molecule has 17 heavy (non-hydrogen) atoms. The number of ether oxygens (including phenoxy) is 2. The first-order chi connectivity index (χ1) is 8.15. The first-order valence-electron chi connectivity index (χ1n) is 5.43. The summed E-state index contributed by atoms with van der Waals surface area (Å²) in [7, 11) is 1.70. The Morgan fingerprint density at radius 3 is 3.12 bits per heavy atom. The molecular weight excluding hydrogens is 286 g/mol. The number of rotatable bonds is 4. The van der Waals surface area contributed by atoms with Crippen LogP contribution in [0.1, 0.15) is 6.42 Å². The molecule has 2 rings (SSSR count). The largest absolute Gasteiger partial charge is 0.396 e. The van der Waals surface area contributed by atoms with Gasteiger partial charge in [-0.25, -0.2) is 4.98 Å². The molecule has 3 N–H and O–H groups in total. The molecule has 6 heteroatoms. The number of nitrogens with zero attached hydrogens (tertiary/aromatic N) is 1. The molecule has 0 saturated carbocycles. The molecule has 1 aromatic heterocycles. The van der Waals surface area contributed by atoms with Crippen molar-refractivity contribution in [1.29, 1.82) is 0 Å². The Morgan fingerprint density at radius 1 is 1.71 bits per heavy atom. The molecule has 1 saturated heterocycles. The van der Waals surface area contributed by atoms with Crippen molar-refractivity contribution in [3.8, 4) is 0 Å². The molecule has 1 aliphatic rings. The quantitative estimate of drug-likeness (QED) is 0.885. The zero-order chi connectivity index (χ0) is 12.3. The minimum absolute atomic E-state index is 0.263. The number of nitrogens with one attached hydrogen (secondary N) is 1. The molecule has 0 radical (unpaired) electrons. The average Bonchev–Trinajstić information content (AvgIpc) is 2.77. The minimum atomic E-state index is -0.263. The van der Waals surface area contributed by atoms with Gasteiger partial charge in [0.2, 0.25) is 0 Å². The number of methoxy groups -OCH3 is 1. The van der Waals surface area contributed by atoms with Crippen LogP contribution in [0.15, 0.2) is 16.7 Å². The van der Waals surface area contributed by atoms with E-state index in [9.17, 15) is 0 Å². The van der Waals surface area contributed by atoms with Crippen molar-refractivity contribution < 1.29 is 9.47 Å². The number of halogens is 1. The fourth-order valence-corrected chi connectivity index (χ4v) is 2.16. The van der Waals surface area contributed by atoms with E-state index in [0.29, 0.717) is 24.7 Å². The molecule has 0 spiro atoms. The molecule has 2 heterocycles. The molecular formula is C11H16BrN3O2. The summed E-state index contributed by atoms with van der Waals surface area (Å²) in [6.07, 6.45) is 2.59. The lowest BCUT2D eigenvalue weighted by molar-refractivity contribution is -0.00624. The highest BCUT2D eigenvalue weighted by atomic mass is 79.9. The van der Waals surface area contributed by atoms with Crippen molar-refractivity contribution in [1.82, 2.24) is 4.98 Å². The molecule has 1 fully saturated rings. The van der Waals surface area contributed by atoms with E-state index in [-0.39, 0.29) is 5.60 Å². The van der Waals surface area contributed by atoms with E-state index in [2.05, 4.69) is 26.2 Å². The molecule has 1 atom stereocenters. The highest BCUT2D eigenvalue weighted by molar-refractivity contribution is 9.10. The number of anilines is 2. The van der Waals surface area contributed by atoms with Crippen LogP contribution in [-0.2, 0) is 9.47 Å². The smallest absolute Gasteiger partial charge is 0.149 e. The molecule has 5 nitrogen and oxygen atoms in total. The summed E-state index contributed by atoms with van der Waals surface area (Å²) in [4.78, 5) is 4.22. The van der Waals surface area contributed by atoms with Crippen LogP contribution in [0, 0.1) is 0 Å². The van der Waals surface area contributed by atoms with Gasteiger partial charge in [-0.05, 0) is 22.0 Å². The van der Waals surface area contributed by atoms with Crippen molar-refractivity contribution in [3.05, 3.63) is 16.7 Å². The van der Waals surface area contributed by atoms with Crippen LogP contribution in [0.25, 0.3) is 0 Å². The summed E-state index contributed by atoms with van der Waals surface area (Å²) < 4.78 is 11.8. The van der Waals surface area contributed by atoms with E-state index in [1.54, 1.807) is 13.3 Å². The molecule has 0 amide bonds. The molecule has 1 aromatic rings. The standard InChI is InChI=1S/C11H16BrN3O2/c1-16-11(2-3-17-7-11)6-15-10-9(13)4-8(12)5-14-10/h4-5H,2-3,6-7,13H2,1H3,(H,14,15). The van der Waals surface area contributed by atoms with Gasteiger partial charge in [0, 0.05) is 37.4 Å². The Labute approximate surface area is 109 Å². The van der Waals surface area contributed by atoms with Crippen molar-refractivity contribution in [2.24, 2.45) is 0 Å². The number of hydrogen-bond acceptors (Lipinski definition) is 5. The van der Waals surface area contributed by atoms with E-state index in [1.807, 2.05) is 6.07 Å². The zero-order valence-corrected chi connectivity index (χ0v) is 11.3. The lowest BCUT2D eigenvalue weighted by Crippen LogP contribution is -2.39. The molecule has 0 aliphatic carbocycles. The molecule has 0 bridgehead atoms. The summed E-state index contributed by atoms with van der Waals surface area (Å²) >= 11 is 3.32. The van der Waals surface area contributed by atoms with Gasteiger partial charge in [-0.2, -0.15) is 0 Å². The second kappa shape index (κ2) is 5.20. The monoisotopic (exact) mass is 301 g/mol. The molecule has 1 aliphatic heterocycles. The molecule has 0 aromatic carbocycles. The van der Waals surface area contributed by atoms with Crippen molar-refractivity contribution in [2.75, 3.05) is 37.9 Å². The van der Waals surface area contributed by atoms with Gasteiger partial charge in [0.05, 0.1) is 12.3 Å². The summed E-state index contributed by atoms with van der Waals surface area (Å²) in [5.41, 5.74) is 6.22. The molecule has 94 valence electrons. The maximum absolute atomic E-state index is 5.86. The first-order valence-corrected chi connectivity index (χ1v) is 6.22. The highest BCUT2D eigenvalue weighted by Gasteiger charge is 2.34. The number of nitrogen functional groups attached to an aromatic ring is 1. The summed E-state index contributed by atoms with van der Waals surface area (Å²) in [6, 6.07) is 1.82. The second-order valence-electron chi connectivity index (χ2n) is 4.13. The lowest BCUT2D eigenvalue weighted by Gasteiger charge is -2.26. The number of hydrogen-bond donors (Lipinski definition) is 2. The normalized spacial score (nSPS) is 23.9. The van der Waals surface area contributed by atoms with Gasteiger partial charge in [-0.3, -0.25) is 0 Å². The summed E-state index contributed by atoms with van der Waals surface area (Å²) in [5, 5.41) is 3.21. The van der Waals surface area contributed by atoms with Crippen LogP contribution in [0.3, 0.4) is 0 Å². The summed E-state index contributed by atoms with van der Waals surface area (Å²) in [6.45, 7) is 1.98. The third-order valence-electron chi connectivity index (χ3n) is 2.96. The topological polar surface area (TPSA) is 69.4 Å². The SMILES string of the molecule is COC1(CNc2ncc(Br)cc2N)CCOC1. The second-order valence-corrected chi connectivity index (χ2v) is 5.05. The predicted octanol–water partition coefficient (Wildman–Crippen LogP) is 1.64. The highest BCUT2D eigenvalue weighted by Crippen LogP contribution is 2.25. The maximum Gasteiger partial charge on any atom is 0.149 e. The Kier molecular flexibility index (Phi) is 3.86. The van der Waals surface area contributed by atoms with Crippen LogP contribution in [0.2, 0.25) is 0 Å². The first kappa shape index (κ1) is 12.6. The van der Waals surface area contributed by atoms with E-state index in [1.165, 1.54) is 0 Å². The van der Waals surface area contributed by atoms with E-state index in [4.69, 9.17) is 15.2 Å². The zero-order valence-electron chi connectivity index (χ0n) is 9.70. The van der Waals surface area contributed by atoms with Crippen molar-refractivity contribution in [3.63, 3.8) is 0 Å². The number of pyridine rings is 1. The number of nitrogens with two attached hydrogens (primary N) is 1. The van der Waals surface area contributed by atoms with Crippen LogP contribution in [-0.4, -0.2) is 37.5 Å². The summed E-state index contributed by atoms with van der Waals surface area (Å²) in [5.74, 6) is 0.677. The lowest BCUT2D eigenvalue weighted by atomic mass is 10.0. The van der Waals surface area contributed by atoms with Gasteiger partial charge < -0.3 is 20.5 Å². The van der Waals surface area contributed by atoms with Gasteiger partial charge in [0.1, 0.15) is 11.4 Å². The number of aromatic nitrogens is 1. The Morgan fingerprint density at radius 2 is 2.53 bits per heavy atom.